The molecule has 0 fully saturated rings. The number of hydrogen-bond donors (Lipinski definition) is 2. The van der Waals surface area contributed by atoms with Crippen molar-refractivity contribution >= 4 is 6.03 Å². The molecule has 0 spiro atoms. The first kappa shape index (κ1) is 10.8. The molecular formula is C7H14N2O3. The Morgan fingerprint density at radius 2 is 2.33 bits per heavy atom. The van der Waals surface area contributed by atoms with Crippen LogP contribution in [0.2, 0.25) is 0 Å². The molecule has 70 valence electrons. The molecule has 0 aliphatic rings. The van der Waals surface area contributed by atoms with Crippen LogP contribution in [0, 0.1) is 0 Å². The second kappa shape index (κ2) is 7.87. The van der Waals surface area contributed by atoms with Crippen molar-refractivity contribution in [3.63, 3.8) is 0 Å². The van der Waals surface area contributed by atoms with Gasteiger partial charge in [-0.2, -0.15) is 0 Å². The van der Waals surface area contributed by atoms with Gasteiger partial charge in [-0.15, -0.1) is 0 Å². The summed E-state index contributed by atoms with van der Waals surface area (Å²) in [5.74, 6) is 0. The van der Waals surface area contributed by atoms with Gasteiger partial charge in [-0.3, -0.25) is 0 Å². The molecule has 0 saturated heterocycles. The highest BCUT2D eigenvalue weighted by molar-refractivity contribution is 5.73. The first-order valence-corrected chi connectivity index (χ1v) is 3.54. The zero-order valence-electron chi connectivity index (χ0n) is 7.13. The van der Waals surface area contributed by atoms with Crippen LogP contribution in [0.3, 0.4) is 0 Å². The maximum absolute atomic E-state index is 10.8. The van der Waals surface area contributed by atoms with Crippen molar-refractivity contribution in [1.29, 1.82) is 0 Å². The average molecular weight is 174 g/mol. The lowest BCUT2D eigenvalue weighted by Gasteiger charge is -2.05. The Kier molecular flexibility index (Phi) is 7.07. The van der Waals surface area contributed by atoms with Crippen LogP contribution in [0.4, 0.5) is 4.79 Å². The number of rotatable bonds is 6. The number of amides is 2. The molecule has 0 aromatic heterocycles. The summed E-state index contributed by atoms with van der Waals surface area (Å²) in [4.78, 5) is 10.8. The second-order valence-electron chi connectivity index (χ2n) is 1.90. The molecule has 2 N–H and O–H groups in total. The van der Waals surface area contributed by atoms with Gasteiger partial charge in [-0.25, -0.2) is 4.79 Å². The van der Waals surface area contributed by atoms with Gasteiger partial charge in [0.05, 0.1) is 12.8 Å². The molecule has 0 aromatic carbocycles. The fraction of sp³-hybridized carbons (Fsp3) is 0.571. The topological polar surface area (TPSA) is 59.6 Å². The van der Waals surface area contributed by atoms with E-state index in [2.05, 4.69) is 21.9 Å². The molecule has 5 heteroatoms. The Labute approximate surface area is 71.7 Å². The number of nitrogens with one attached hydrogen (secondary N) is 2. The lowest BCUT2D eigenvalue weighted by molar-refractivity contribution is 0.171. The van der Waals surface area contributed by atoms with Gasteiger partial charge in [0.2, 0.25) is 0 Å². The normalized spacial score (nSPS) is 8.75. The minimum atomic E-state index is -0.274. The van der Waals surface area contributed by atoms with Crippen LogP contribution in [0.1, 0.15) is 0 Å². The minimum absolute atomic E-state index is 0.203. The quantitative estimate of drug-likeness (QED) is 0.340. The zero-order valence-corrected chi connectivity index (χ0v) is 7.13. The molecule has 0 heterocycles. The van der Waals surface area contributed by atoms with E-state index in [1.54, 1.807) is 0 Å². The van der Waals surface area contributed by atoms with Gasteiger partial charge in [0.1, 0.15) is 13.3 Å². The van der Waals surface area contributed by atoms with Crippen molar-refractivity contribution < 1.29 is 14.3 Å². The van der Waals surface area contributed by atoms with Crippen molar-refractivity contribution in [2.24, 2.45) is 0 Å². The summed E-state index contributed by atoms with van der Waals surface area (Å²) in [6, 6.07) is -0.274. The third-order valence-electron chi connectivity index (χ3n) is 1.00. The Morgan fingerprint density at radius 1 is 1.58 bits per heavy atom. The maximum Gasteiger partial charge on any atom is 0.316 e. The molecule has 0 rings (SSSR count). The van der Waals surface area contributed by atoms with E-state index in [0.717, 1.165) is 0 Å². The van der Waals surface area contributed by atoms with Crippen molar-refractivity contribution in [3.05, 3.63) is 12.8 Å². The summed E-state index contributed by atoms with van der Waals surface area (Å²) >= 11 is 0. The van der Waals surface area contributed by atoms with Crippen LogP contribution >= 0.6 is 0 Å². The highest BCUT2D eigenvalue weighted by atomic mass is 16.5. The van der Waals surface area contributed by atoms with Crippen LogP contribution in [0.15, 0.2) is 12.8 Å². The number of carbonyl (C=O) groups excluding carboxylic acids is 1. The van der Waals surface area contributed by atoms with Crippen LogP contribution in [0.5, 0.6) is 0 Å². The predicted molar refractivity (Wildman–Crippen MR) is 44.6 cm³/mol. The second-order valence-corrected chi connectivity index (χ2v) is 1.90. The summed E-state index contributed by atoms with van der Waals surface area (Å²) < 4.78 is 9.40. The molecule has 0 aliphatic carbocycles. The summed E-state index contributed by atoms with van der Waals surface area (Å²) in [5, 5.41) is 5.01. The van der Waals surface area contributed by atoms with E-state index < -0.39 is 0 Å². The third kappa shape index (κ3) is 6.88. The number of ether oxygens (including phenoxy) is 2. The van der Waals surface area contributed by atoms with E-state index in [9.17, 15) is 4.79 Å². The molecule has 0 radical (unpaired) electrons. The highest BCUT2D eigenvalue weighted by Gasteiger charge is 1.95. The van der Waals surface area contributed by atoms with Crippen LogP contribution in [0.25, 0.3) is 0 Å². The monoisotopic (exact) mass is 174 g/mol. The SMILES string of the molecule is C=COCCNC(=O)NCOC. The Morgan fingerprint density at radius 3 is 2.92 bits per heavy atom. The van der Waals surface area contributed by atoms with E-state index >= 15 is 0 Å². The van der Waals surface area contributed by atoms with Gasteiger partial charge in [-0.1, -0.05) is 6.58 Å². The van der Waals surface area contributed by atoms with Gasteiger partial charge in [0, 0.05) is 7.11 Å². The number of carbonyl (C=O) groups is 1. The number of hydrogen-bond acceptors (Lipinski definition) is 3. The third-order valence-corrected chi connectivity index (χ3v) is 1.00. The average Bonchev–Trinajstić information content (AvgIpc) is 2.09. The molecule has 0 unspecified atom stereocenters. The van der Waals surface area contributed by atoms with Crippen molar-refractivity contribution in [3.8, 4) is 0 Å². The van der Waals surface area contributed by atoms with E-state index in [-0.39, 0.29) is 12.8 Å². The fourth-order valence-electron chi connectivity index (χ4n) is 0.507. The van der Waals surface area contributed by atoms with Gasteiger partial charge in [0.15, 0.2) is 0 Å². The predicted octanol–water partition coefficient (Wildman–Crippen LogP) is 0.0496. The van der Waals surface area contributed by atoms with Gasteiger partial charge in [-0.05, 0) is 0 Å². The molecule has 12 heavy (non-hydrogen) atoms. The standard InChI is InChI=1S/C7H14N2O3/c1-3-12-5-4-8-7(10)9-6-11-2/h3H,1,4-6H2,2H3,(H2,8,9,10). The molecular weight excluding hydrogens is 160 g/mol. The number of urea groups is 1. The van der Waals surface area contributed by atoms with E-state index in [4.69, 9.17) is 4.74 Å². The van der Waals surface area contributed by atoms with Crippen LogP contribution < -0.4 is 10.6 Å². The summed E-state index contributed by atoms with van der Waals surface area (Å²) in [5.41, 5.74) is 0. The van der Waals surface area contributed by atoms with Gasteiger partial charge >= 0.3 is 6.03 Å². The minimum Gasteiger partial charge on any atom is -0.500 e. The Balaban J connectivity index is 3.13. The molecule has 2 amide bonds. The Hall–Kier alpha value is -1.23. The molecule has 0 atom stereocenters. The van der Waals surface area contributed by atoms with E-state index in [0.29, 0.717) is 13.2 Å². The van der Waals surface area contributed by atoms with Gasteiger partial charge in [0.25, 0.3) is 0 Å². The van der Waals surface area contributed by atoms with Crippen LogP contribution in [-0.2, 0) is 9.47 Å². The Bertz CT molecular complexity index is 139. The number of methoxy groups -OCH3 is 1. The molecule has 0 saturated carbocycles. The molecule has 0 bridgehead atoms. The van der Waals surface area contributed by atoms with Gasteiger partial charge < -0.3 is 20.1 Å². The first-order valence-electron chi connectivity index (χ1n) is 3.54. The van der Waals surface area contributed by atoms with Crippen molar-refractivity contribution in [2.75, 3.05) is 27.0 Å². The summed E-state index contributed by atoms with van der Waals surface area (Å²) in [6.45, 7) is 4.43. The summed E-state index contributed by atoms with van der Waals surface area (Å²) in [7, 11) is 1.50. The highest BCUT2D eigenvalue weighted by Crippen LogP contribution is 1.71. The summed E-state index contributed by atoms with van der Waals surface area (Å²) in [6.07, 6.45) is 1.33. The van der Waals surface area contributed by atoms with Crippen LogP contribution in [-0.4, -0.2) is 33.0 Å². The smallest absolute Gasteiger partial charge is 0.316 e. The van der Waals surface area contributed by atoms with E-state index in [1.165, 1.54) is 13.4 Å². The maximum atomic E-state index is 10.8. The lowest BCUT2D eigenvalue weighted by atomic mass is 10.7. The largest absolute Gasteiger partial charge is 0.500 e. The molecule has 0 aromatic rings. The fourth-order valence-corrected chi connectivity index (χ4v) is 0.507. The zero-order chi connectivity index (χ0) is 9.23. The lowest BCUT2D eigenvalue weighted by Crippen LogP contribution is -2.38. The molecule has 0 aliphatic heterocycles. The molecule has 5 nitrogen and oxygen atoms in total. The van der Waals surface area contributed by atoms with E-state index in [1.807, 2.05) is 0 Å². The van der Waals surface area contributed by atoms with Crippen molar-refractivity contribution in [2.45, 2.75) is 0 Å². The van der Waals surface area contributed by atoms with Crippen molar-refractivity contribution in [1.82, 2.24) is 10.6 Å². The first-order chi connectivity index (χ1) is 5.81.